The summed E-state index contributed by atoms with van der Waals surface area (Å²) in [5.41, 5.74) is 1.35. The number of anilines is 1. The number of carbonyl (C=O) groups is 1. The van der Waals surface area contributed by atoms with Crippen LogP contribution < -0.4 is 5.32 Å². The Morgan fingerprint density at radius 3 is 2.63 bits per heavy atom. The van der Waals surface area contributed by atoms with E-state index >= 15 is 0 Å². The summed E-state index contributed by atoms with van der Waals surface area (Å²) in [6.45, 7) is 2.94. The molecule has 4 rings (SSSR count). The topological polar surface area (TPSA) is 61.4 Å². The molecule has 2 heterocycles. The molecule has 0 saturated heterocycles. The number of amides is 1. The molecular formula is C23H35N5OS. The van der Waals surface area contributed by atoms with Gasteiger partial charge in [-0.1, -0.05) is 6.92 Å². The Balaban J connectivity index is 1.54. The molecule has 1 fully saturated rings. The third kappa shape index (κ3) is 4.33. The Morgan fingerprint density at radius 2 is 1.93 bits per heavy atom. The quantitative estimate of drug-likeness (QED) is 0.712. The van der Waals surface area contributed by atoms with E-state index in [-0.39, 0.29) is 11.8 Å². The zero-order valence-electron chi connectivity index (χ0n) is 18.8. The molecule has 7 heteroatoms. The summed E-state index contributed by atoms with van der Waals surface area (Å²) >= 11 is 1.79. The van der Waals surface area contributed by atoms with Crippen LogP contribution in [0.2, 0.25) is 0 Å². The third-order valence-corrected chi connectivity index (χ3v) is 8.08. The molecule has 164 valence electrons. The van der Waals surface area contributed by atoms with E-state index in [0.29, 0.717) is 18.5 Å². The van der Waals surface area contributed by atoms with E-state index in [1.807, 2.05) is 11.9 Å². The van der Waals surface area contributed by atoms with E-state index in [0.717, 1.165) is 36.5 Å². The summed E-state index contributed by atoms with van der Waals surface area (Å²) in [4.78, 5) is 28.7. The van der Waals surface area contributed by atoms with Crippen LogP contribution >= 0.6 is 11.3 Å². The first-order chi connectivity index (χ1) is 14.5. The predicted molar refractivity (Wildman–Crippen MR) is 124 cm³/mol. The van der Waals surface area contributed by atoms with Crippen molar-refractivity contribution in [2.75, 3.05) is 33.0 Å². The number of aromatic nitrogens is 2. The predicted octanol–water partition coefficient (Wildman–Crippen LogP) is 4.26. The van der Waals surface area contributed by atoms with Crippen molar-refractivity contribution >= 4 is 33.3 Å². The van der Waals surface area contributed by atoms with Gasteiger partial charge in [0.2, 0.25) is 5.91 Å². The molecule has 1 atom stereocenters. The van der Waals surface area contributed by atoms with Gasteiger partial charge in [-0.3, -0.25) is 4.79 Å². The van der Waals surface area contributed by atoms with Gasteiger partial charge in [0.05, 0.1) is 5.39 Å². The molecule has 2 aromatic rings. The first kappa shape index (κ1) is 21.5. The molecular weight excluding hydrogens is 394 g/mol. The third-order valence-electron chi connectivity index (χ3n) is 6.90. The van der Waals surface area contributed by atoms with Gasteiger partial charge in [0.1, 0.15) is 17.0 Å². The zero-order valence-corrected chi connectivity index (χ0v) is 19.6. The number of hydrogen-bond acceptors (Lipinski definition) is 6. The number of fused-ring (bicyclic) bond motifs is 3. The molecule has 0 aromatic carbocycles. The van der Waals surface area contributed by atoms with Gasteiger partial charge in [-0.15, -0.1) is 11.3 Å². The second-order valence-electron chi connectivity index (χ2n) is 9.21. The fourth-order valence-corrected chi connectivity index (χ4v) is 6.38. The highest BCUT2D eigenvalue weighted by Crippen LogP contribution is 2.47. The van der Waals surface area contributed by atoms with Crippen LogP contribution in [0.3, 0.4) is 0 Å². The minimum absolute atomic E-state index is 0.252. The number of carbonyl (C=O) groups excluding carboxylic acids is 1. The Morgan fingerprint density at radius 1 is 1.17 bits per heavy atom. The van der Waals surface area contributed by atoms with E-state index < -0.39 is 0 Å². The van der Waals surface area contributed by atoms with Crippen molar-refractivity contribution in [3.63, 3.8) is 0 Å². The van der Waals surface area contributed by atoms with E-state index in [4.69, 9.17) is 0 Å². The molecule has 1 amide bonds. The van der Waals surface area contributed by atoms with Crippen molar-refractivity contribution in [2.45, 2.75) is 76.3 Å². The largest absolute Gasteiger partial charge is 0.367 e. The fourth-order valence-electron chi connectivity index (χ4n) is 5.14. The molecule has 0 radical (unpaired) electrons. The molecule has 2 aliphatic carbocycles. The molecule has 2 aromatic heterocycles. The lowest BCUT2D eigenvalue weighted by atomic mass is 9.90. The monoisotopic (exact) mass is 429 g/mol. The van der Waals surface area contributed by atoms with Crippen LogP contribution in [0.15, 0.2) is 6.33 Å². The number of hydrogen-bond donors (Lipinski definition) is 1. The molecule has 0 aliphatic heterocycles. The zero-order chi connectivity index (χ0) is 21.3. The van der Waals surface area contributed by atoms with Crippen LogP contribution in [0.1, 0.15) is 68.2 Å². The van der Waals surface area contributed by atoms with Crippen molar-refractivity contribution in [2.24, 2.45) is 0 Å². The Hall–Kier alpha value is -1.73. The van der Waals surface area contributed by atoms with Crippen molar-refractivity contribution in [3.05, 3.63) is 16.8 Å². The lowest BCUT2D eigenvalue weighted by molar-refractivity contribution is -0.130. The van der Waals surface area contributed by atoms with Crippen molar-refractivity contribution in [3.8, 4) is 0 Å². The van der Waals surface area contributed by atoms with Crippen molar-refractivity contribution in [1.29, 1.82) is 0 Å². The second kappa shape index (κ2) is 9.18. The highest BCUT2D eigenvalue weighted by atomic mass is 32.1. The van der Waals surface area contributed by atoms with Crippen LogP contribution in [0.4, 0.5) is 5.82 Å². The van der Waals surface area contributed by atoms with E-state index in [9.17, 15) is 4.79 Å². The van der Waals surface area contributed by atoms with E-state index in [1.165, 1.54) is 41.5 Å². The summed E-state index contributed by atoms with van der Waals surface area (Å²) in [5.74, 6) is 1.52. The molecule has 0 bridgehead atoms. The van der Waals surface area contributed by atoms with Gasteiger partial charge in [-0.2, -0.15) is 0 Å². The highest BCUT2D eigenvalue weighted by Gasteiger charge is 2.32. The molecule has 1 saturated carbocycles. The maximum atomic E-state index is 12.7. The molecule has 0 spiro atoms. The number of nitrogens with zero attached hydrogens (tertiary/aromatic N) is 4. The normalized spacial score (nSPS) is 23.7. The molecule has 1 unspecified atom stereocenters. The van der Waals surface area contributed by atoms with Gasteiger partial charge in [0.25, 0.3) is 0 Å². The van der Waals surface area contributed by atoms with Crippen LogP contribution in [-0.4, -0.2) is 65.4 Å². The first-order valence-electron chi connectivity index (χ1n) is 11.4. The first-order valence-corrected chi connectivity index (χ1v) is 12.2. The summed E-state index contributed by atoms with van der Waals surface area (Å²) in [6, 6.07) is 1.15. The second-order valence-corrected chi connectivity index (χ2v) is 10.3. The van der Waals surface area contributed by atoms with Gasteiger partial charge in [0.15, 0.2) is 0 Å². The van der Waals surface area contributed by atoms with Gasteiger partial charge >= 0.3 is 0 Å². The summed E-state index contributed by atoms with van der Waals surface area (Å²) in [7, 11) is 6.29. The minimum Gasteiger partial charge on any atom is -0.367 e. The Kier molecular flexibility index (Phi) is 6.58. The lowest BCUT2D eigenvalue weighted by Gasteiger charge is -2.33. The van der Waals surface area contributed by atoms with Gasteiger partial charge < -0.3 is 15.1 Å². The van der Waals surface area contributed by atoms with E-state index in [1.54, 1.807) is 17.7 Å². The lowest BCUT2D eigenvalue weighted by Crippen LogP contribution is -2.36. The highest BCUT2D eigenvalue weighted by molar-refractivity contribution is 7.19. The number of nitrogens with one attached hydrogen (secondary N) is 1. The standard InChI is InChI=1S/C23H35N5OS/c1-5-12-28(4)19(29)13-15-6-11-18-20(15)21-22(24-14-25-23(21)30-18)26-16-7-9-17(10-8-16)27(2)3/h14-17H,5-13H2,1-4H3,(H,24,25,26)/t15?,16-,17-. The number of rotatable bonds is 7. The van der Waals surface area contributed by atoms with E-state index in [2.05, 4.69) is 41.2 Å². The van der Waals surface area contributed by atoms with Crippen LogP contribution in [0, 0.1) is 0 Å². The van der Waals surface area contributed by atoms with Crippen molar-refractivity contribution < 1.29 is 4.79 Å². The van der Waals surface area contributed by atoms with Crippen LogP contribution in [0.25, 0.3) is 10.2 Å². The van der Waals surface area contributed by atoms with Gasteiger partial charge in [0, 0.05) is 37.0 Å². The smallest absolute Gasteiger partial charge is 0.222 e. The van der Waals surface area contributed by atoms with Gasteiger partial charge in [-0.25, -0.2) is 9.97 Å². The van der Waals surface area contributed by atoms with Crippen molar-refractivity contribution in [1.82, 2.24) is 19.8 Å². The summed E-state index contributed by atoms with van der Waals surface area (Å²) < 4.78 is 0. The molecule has 30 heavy (non-hydrogen) atoms. The average molecular weight is 430 g/mol. The Labute approximate surface area is 184 Å². The average Bonchev–Trinajstić information content (AvgIpc) is 3.28. The Bertz CT molecular complexity index is 887. The SMILES string of the molecule is CCCN(C)C(=O)CC1CCc2sc3ncnc(N[C@H]4CC[C@H](N(C)C)CC4)c3c21. The fraction of sp³-hybridized carbons (Fsp3) is 0.696. The molecule has 1 N–H and O–H groups in total. The number of thiophene rings is 1. The molecule has 2 aliphatic rings. The van der Waals surface area contributed by atoms with Crippen LogP contribution in [-0.2, 0) is 11.2 Å². The number of aryl methyl sites for hydroxylation is 1. The summed E-state index contributed by atoms with van der Waals surface area (Å²) in [5, 5.41) is 4.94. The molecule has 6 nitrogen and oxygen atoms in total. The maximum Gasteiger partial charge on any atom is 0.222 e. The van der Waals surface area contributed by atoms with Gasteiger partial charge in [-0.05, 0) is 70.5 Å². The maximum absolute atomic E-state index is 12.7. The van der Waals surface area contributed by atoms with Crippen LogP contribution in [0.5, 0.6) is 0 Å². The minimum atomic E-state index is 0.252. The summed E-state index contributed by atoms with van der Waals surface area (Å²) in [6.07, 6.45) is 10.2.